The summed E-state index contributed by atoms with van der Waals surface area (Å²) in [7, 11) is -7.49. The maximum Gasteiger partial charge on any atom is 0.359 e. The minimum absolute atomic E-state index is 0.159. The predicted octanol–water partition coefficient (Wildman–Crippen LogP) is 4.55. The Morgan fingerprint density at radius 3 is 1.12 bits per heavy atom. The first-order valence-corrected chi connectivity index (χ1v) is 53.2. The van der Waals surface area contributed by atoms with Crippen LogP contribution in [0.5, 0.6) is 0 Å². The molecule has 5 amide bonds. The quantitative estimate of drug-likeness (QED) is 0.0235. The number of nitriles is 1. The molecule has 708 valence electrons. The van der Waals surface area contributed by atoms with Gasteiger partial charge in [0.25, 0.3) is 29.5 Å². The molecule has 0 radical (unpaired) electrons. The van der Waals surface area contributed by atoms with Gasteiger partial charge in [-0.3, -0.25) is 52.2 Å². The van der Waals surface area contributed by atoms with Crippen molar-refractivity contribution in [2.75, 3.05) is 72.1 Å². The zero-order valence-corrected chi connectivity index (χ0v) is 79.0. The second kappa shape index (κ2) is 33.7. The molecule has 22 rings (SSSR count). The highest BCUT2D eigenvalue weighted by Crippen LogP contribution is 2.56. The predicted molar refractivity (Wildman–Crippen MR) is 475 cm³/mol. The molecule has 0 saturated heterocycles. The van der Waals surface area contributed by atoms with Gasteiger partial charge >= 0.3 is 5.97 Å². The number of sulfone groups is 5. The zero-order valence-electron chi connectivity index (χ0n) is 74.2. The van der Waals surface area contributed by atoms with Crippen molar-refractivity contribution < 1.29 is 95.6 Å². The average molecular weight is 1940 g/mol. The third-order valence-corrected chi connectivity index (χ3v) is 44.8. The second-order valence-electron chi connectivity index (χ2n) is 38.1. The number of fused-ring (bicyclic) bond motifs is 5. The molecule has 11 heterocycles. The standard InChI is InChI=1S/C24H25N5O4S.C17H23N3O5S.C15H19ClN4O4S.C15H20N4O4S.C15H19N3O4S/c1-28-22-18(8-11-29(23(22)30)14-24(9-10-24)34(31,32)17-6-7-17)21(26-28)19-12-20(33-27-19)16-4-2-15(13-25)3-5-16;1-3-25-16(22)13-12-6-9-20(15(21)14(12)19(2)18-13)10-17(7-8-17)26(23,24)11-4-5-11;1-19-12-10(11(17-19)13(16)18-22)4-7-20(14(12)21)8-15(5-6-15)25(23,24)9-2-3-9;1-18-13-11(12(17-18)8-16-21)4-7-19(14(13)20)9-15(5-6-15)24(22,23)10-2-3-10;1-17-13-11(12(8-19)16-17)4-7-18(14(13)20)9-15(5-6-15)23(21,22)10-2-3-10/h2-5,17,20H,6-12,14H2,1H3;11H,3-10H2,1-2H3;9,22H,2-8H2,1H3;8,10,21H,2-7,9H2,1H3;8,10H,2-7,9H2,1H3/b;;18-13-;16-8+;. The van der Waals surface area contributed by atoms with Crippen LogP contribution in [0.15, 0.2) is 39.7 Å². The molecule has 2 N–H and O–H groups in total. The first kappa shape index (κ1) is 92.2. The molecule has 10 fully saturated rings. The normalized spacial score (nSPS) is 22.7. The van der Waals surface area contributed by atoms with E-state index in [1.807, 2.05) is 12.1 Å². The molecule has 16 aliphatic rings. The van der Waals surface area contributed by atoms with Gasteiger partial charge in [-0.1, -0.05) is 39.2 Å². The fraction of sp³-hybridized carbons (Fsp3) is 0.628. The fourth-order valence-electron chi connectivity index (χ4n) is 20.0. The van der Waals surface area contributed by atoms with Gasteiger partial charge in [-0.25, -0.2) is 46.9 Å². The zero-order chi connectivity index (χ0) is 93.9. The number of hydrogen-bond donors (Lipinski definition) is 2. The number of esters is 1. The summed E-state index contributed by atoms with van der Waals surface area (Å²) in [6.07, 6.45) is 18.7. The van der Waals surface area contributed by atoms with Crippen LogP contribution in [-0.2, 0) is 126 Å². The topological polar surface area (TPSA) is 515 Å². The first-order valence-electron chi connectivity index (χ1n) is 45.1. The number of amides is 5. The van der Waals surface area contributed by atoms with Crippen molar-refractivity contribution >= 4 is 120 Å². The lowest BCUT2D eigenvalue weighted by Gasteiger charge is -2.31. The number of carbonyl (C=O) groups is 7. The number of aromatic nitrogens is 10. The molecule has 5 aromatic heterocycles. The Morgan fingerprint density at radius 1 is 0.477 bits per heavy atom. The van der Waals surface area contributed by atoms with E-state index < -0.39 is 78.9 Å². The SMILES string of the molecule is CCOC(=O)c1nn(C)c2c1CCN(CC1(S(=O)(=O)C3CC3)CC1)C2=O.Cn1nc(/C(Cl)=N/O)c2c1C(=O)N(CC1(S(=O)(=O)C3CC3)CC1)CC2.Cn1nc(/C=N/O)c2c1C(=O)N(CC1(S(=O)(=O)C3CC3)CC1)CC2.Cn1nc(C2=NOC(c3ccc(C#N)cc3)C2)c2c1C(=O)N(CC1(S(=O)(=O)C3CC3)CC1)CC2.Cn1nc(C=O)c2c1C(=O)N(CC1(S(=O)(=O)C3CC3)CC1)CC2. The summed E-state index contributed by atoms with van der Waals surface area (Å²) in [6, 6.07) is 9.34. The highest BCUT2D eigenvalue weighted by atomic mass is 35.5. The summed E-state index contributed by atoms with van der Waals surface area (Å²) in [6.45, 7) is 5.44. The number of ether oxygens (including phenoxy) is 1. The molecule has 6 aliphatic heterocycles. The summed E-state index contributed by atoms with van der Waals surface area (Å²) in [5, 5.41) is 56.9. The van der Waals surface area contributed by atoms with Crippen LogP contribution in [0.25, 0.3) is 0 Å². The fourth-order valence-corrected chi connectivity index (χ4v) is 32.5. The molecule has 1 unspecified atom stereocenters. The van der Waals surface area contributed by atoms with Gasteiger partial charge in [-0.15, -0.1) is 0 Å². The molecule has 46 heteroatoms. The van der Waals surface area contributed by atoms with Crippen LogP contribution in [0.4, 0.5) is 0 Å². The van der Waals surface area contributed by atoms with Crippen molar-refractivity contribution in [1.29, 1.82) is 5.26 Å². The number of carbonyl (C=O) groups excluding carboxylic acids is 7. The van der Waals surface area contributed by atoms with Crippen molar-refractivity contribution in [3.8, 4) is 6.07 Å². The Balaban J connectivity index is 0.000000111. The minimum Gasteiger partial charge on any atom is -0.461 e. The van der Waals surface area contributed by atoms with Gasteiger partial charge in [0.1, 0.15) is 57.0 Å². The van der Waals surface area contributed by atoms with Gasteiger partial charge < -0.3 is 44.5 Å². The number of aryl methyl sites for hydroxylation is 5. The molecule has 0 bridgehead atoms. The number of benzene rings is 1. The highest BCUT2D eigenvalue weighted by Gasteiger charge is 2.66. The van der Waals surface area contributed by atoms with Crippen LogP contribution in [-0.4, -0.2) is 307 Å². The molecule has 6 aromatic rings. The Morgan fingerprint density at radius 2 is 0.788 bits per heavy atom. The second-order valence-corrected chi connectivity index (χ2v) is 51.6. The molecule has 10 aliphatic carbocycles. The van der Waals surface area contributed by atoms with Gasteiger partial charge in [0.15, 0.2) is 72.4 Å². The third-order valence-electron chi connectivity index (χ3n) is 29.1. The summed E-state index contributed by atoms with van der Waals surface area (Å²) in [5.74, 6) is -1.60. The van der Waals surface area contributed by atoms with E-state index in [-0.39, 0.29) is 112 Å². The maximum absolute atomic E-state index is 13.4. The van der Waals surface area contributed by atoms with E-state index in [2.05, 4.69) is 47.0 Å². The maximum atomic E-state index is 13.4. The van der Waals surface area contributed by atoms with E-state index >= 15 is 0 Å². The van der Waals surface area contributed by atoms with Crippen molar-refractivity contribution in [1.82, 2.24) is 73.4 Å². The van der Waals surface area contributed by atoms with Crippen LogP contribution >= 0.6 is 11.6 Å². The van der Waals surface area contributed by atoms with Crippen LogP contribution < -0.4 is 0 Å². The van der Waals surface area contributed by atoms with Crippen LogP contribution in [0, 0.1) is 11.3 Å². The van der Waals surface area contributed by atoms with Crippen molar-refractivity contribution in [2.45, 2.75) is 230 Å². The molecule has 132 heavy (non-hydrogen) atoms. The average Bonchev–Trinajstić information content (AvgIpc) is 1.58. The Bertz CT molecular complexity index is 6560. The minimum atomic E-state index is -3.18. The number of rotatable bonds is 27. The lowest BCUT2D eigenvalue weighted by molar-refractivity contribution is 0.0515. The molecular formula is C86H106ClN19O21S5. The molecule has 40 nitrogen and oxygen atoms in total. The number of nitrogens with zero attached hydrogens (tertiary/aromatic N) is 19. The van der Waals surface area contributed by atoms with Crippen molar-refractivity contribution in [3.05, 3.63) is 120 Å². The lowest BCUT2D eigenvalue weighted by atomic mass is 9.97. The van der Waals surface area contributed by atoms with Crippen LogP contribution in [0.2, 0.25) is 0 Å². The van der Waals surface area contributed by atoms with Gasteiger partial charge in [0.2, 0.25) is 0 Å². The largest absolute Gasteiger partial charge is 0.461 e. The summed E-state index contributed by atoms with van der Waals surface area (Å²) in [5.41, 5.74) is 9.79. The molecule has 10 saturated carbocycles. The number of halogens is 1. The number of hydrogen-bond acceptors (Lipinski definition) is 30. The third kappa shape index (κ3) is 16.3. The molecule has 1 atom stereocenters. The van der Waals surface area contributed by atoms with Crippen LogP contribution in [0.1, 0.15) is 277 Å². The van der Waals surface area contributed by atoms with Crippen molar-refractivity contribution in [2.24, 2.45) is 50.7 Å². The Kier molecular flexibility index (Phi) is 23.5. The smallest absolute Gasteiger partial charge is 0.359 e. The lowest BCUT2D eigenvalue weighted by Crippen LogP contribution is -2.46. The van der Waals surface area contributed by atoms with E-state index in [0.717, 1.165) is 80.9 Å². The molecule has 1 aromatic carbocycles. The van der Waals surface area contributed by atoms with Crippen molar-refractivity contribution in [3.63, 3.8) is 0 Å². The molecule has 0 spiro atoms. The van der Waals surface area contributed by atoms with E-state index in [4.69, 9.17) is 36.9 Å². The summed E-state index contributed by atoms with van der Waals surface area (Å²) >= 11 is 5.86. The first-order chi connectivity index (χ1) is 62.7. The monoisotopic (exact) mass is 1940 g/mol. The number of aldehydes is 1. The summed E-state index contributed by atoms with van der Waals surface area (Å²) < 4.78 is 136. The van der Waals surface area contributed by atoms with Gasteiger partial charge in [-0.05, 0) is 185 Å². The van der Waals surface area contributed by atoms with E-state index in [1.165, 1.54) is 24.9 Å². The highest BCUT2D eigenvalue weighted by molar-refractivity contribution is 7.95. The van der Waals surface area contributed by atoms with E-state index in [9.17, 15) is 75.7 Å². The van der Waals surface area contributed by atoms with Gasteiger partial charge in [0, 0.05) is 135 Å². The Labute approximate surface area is 768 Å². The van der Waals surface area contributed by atoms with Gasteiger partial charge in [0.05, 0.1) is 74.4 Å². The molecular weight excluding hydrogens is 1830 g/mol. The van der Waals surface area contributed by atoms with E-state index in [0.29, 0.717) is 221 Å². The van der Waals surface area contributed by atoms with Crippen LogP contribution in [0.3, 0.4) is 0 Å². The summed E-state index contributed by atoms with van der Waals surface area (Å²) in [4.78, 5) is 102. The van der Waals surface area contributed by atoms with E-state index in [1.54, 1.807) is 83.5 Å². The number of oxime groups is 3. The van der Waals surface area contributed by atoms with Gasteiger partial charge in [-0.2, -0.15) is 30.8 Å². The Hall–Kier alpha value is -10.3.